The Morgan fingerprint density at radius 1 is 1.06 bits per heavy atom. The van der Waals surface area contributed by atoms with Crippen LogP contribution in [0.5, 0.6) is 0 Å². The van der Waals surface area contributed by atoms with Gasteiger partial charge in [-0.05, 0) is 67.6 Å². The summed E-state index contributed by atoms with van der Waals surface area (Å²) in [5, 5.41) is 14.4. The van der Waals surface area contributed by atoms with E-state index in [0.717, 1.165) is 59.2 Å². The maximum absolute atomic E-state index is 13.0. The first-order valence-corrected chi connectivity index (χ1v) is 11.8. The quantitative estimate of drug-likeness (QED) is 0.504. The lowest BCUT2D eigenvalue weighted by molar-refractivity contribution is -0.122. The van der Waals surface area contributed by atoms with Crippen LogP contribution in [0.2, 0.25) is 0 Å². The van der Waals surface area contributed by atoms with Crippen LogP contribution in [0.4, 0.5) is 5.69 Å². The predicted octanol–water partition coefficient (Wildman–Crippen LogP) is 4.58. The summed E-state index contributed by atoms with van der Waals surface area (Å²) in [6, 6.07) is 15.4. The van der Waals surface area contributed by atoms with Crippen molar-refractivity contribution in [3.8, 4) is 5.69 Å². The Morgan fingerprint density at radius 2 is 1.84 bits per heavy atom. The Balaban J connectivity index is 1.28. The number of nitrogens with one attached hydrogen (secondary N) is 2. The second-order valence-electron chi connectivity index (χ2n) is 8.49. The van der Waals surface area contributed by atoms with Crippen molar-refractivity contribution in [3.63, 3.8) is 0 Å². The van der Waals surface area contributed by atoms with Crippen molar-refractivity contribution in [2.45, 2.75) is 44.6 Å². The van der Waals surface area contributed by atoms with Crippen molar-refractivity contribution in [2.24, 2.45) is 5.92 Å². The summed E-state index contributed by atoms with van der Waals surface area (Å²) in [6.45, 7) is 0.348. The molecule has 2 aliphatic carbocycles. The van der Waals surface area contributed by atoms with Crippen LogP contribution >= 0.6 is 15.9 Å². The summed E-state index contributed by atoms with van der Waals surface area (Å²) in [5.41, 5.74) is 3.80. The van der Waals surface area contributed by atoms with Gasteiger partial charge in [0.2, 0.25) is 5.91 Å². The molecule has 5 rings (SSSR count). The van der Waals surface area contributed by atoms with E-state index in [4.69, 9.17) is 0 Å². The molecule has 8 heteroatoms. The minimum Gasteiger partial charge on any atom is -0.347 e. The molecule has 2 aromatic carbocycles. The maximum atomic E-state index is 13.0. The molecule has 0 spiro atoms. The second-order valence-corrected chi connectivity index (χ2v) is 9.40. The lowest BCUT2D eigenvalue weighted by atomic mass is 9.85. The maximum Gasteiger partial charge on any atom is 0.274 e. The van der Waals surface area contributed by atoms with Crippen molar-refractivity contribution < 1.29 is 9.59 Å². The Bertz CT molecular complexity index is 1150. The Labute approximate surface area is 194 Å². The van der Waals surface area contributed by atoms with Gasteiger partial charge in [0.05, 0.1) is 11.4 Å². The van der Waals surface area contributed by atoms with Gasteiger partial charge in [-0.2, -0.15) is 0 Å². The average molecular weight is 494 g/mol. The molecular formula is C24H24BrN5O2. The van der Waals surface area contributed by atoms with Crippen LogP contribution in [0.1, 0.15) is 59.8 Å². The van der Waals surface area contributed by atoms with Gasteiger partial charge in [-0.1, -0.05) is 39.7 Å². The SMILES string of the molecule is O=C(NCc1cccc(NC(=O)C2CCC2)c1)c1nnn(-c2ccc(Br)cc2)c1C1CC1. The Hall–Kier alpha value is -3.00. The van der Waals surface area contributed by atoms with Crippen molar-refractivity contribution in [2.75, 3.05) is 5.32 Å². The van der Waals surface area contributed by atoms with Crippen LogP contribution < -0.4 is 10.6 Å². The standard InChI is InChI=1S/C24H24BrN5O2/c25-18-9-11-20(12-10-18)30-22(16-7-8-16)21(28-29-30)24(32)26-14-15-3-1-6-19(13-15)27-23(31)17-4-2-5-17/h1,3,6,9-13,16-17H,2,4-5,7-8,14H2,(H,26,32)(H,27,31). The zero-order valence-corrected chi connectivity index (χ0v) is 19.1. The molecule has 7 nitrogen and oxygen atoms in total. The number of aromatic nitrogens is 3. The van der Waals surface area contributed by atoms with Gasteiger partial charge in [0.1, 0.15) is 0 Å². The number of hydrogen-bond acceptors (Lipinski definition) is 4. The zero-order valence-electron chi connectivity index (χ0n) is 17.6. The minimum atomic E-state index is -0.237. The number of anilines is 1. The van der Waals surface area contributed by atoms with Crippen molar-refractivity contribution >= 4 is 33.4 Å². The number of nitrogens with zero attached hydrogens (tertiary/aromatic N) is 3. The summed E-state index contributed by atoms with van der Waals surface area (Å²) < 4.78 is 2.76. The van der Waals surface area contributed by atoms with Gasteiger partial charge in [0.25, 0.3) is 5.91 Å². The lowest BCUT2D eigenvalue weighted by Gasteiger charge is -2.24. The fraction of sp³-hybridized carbons (Fsp3) is 0.333. The molecule has 2 amide bonds. The molecule has 0 atom stereocenters. The third kappa shape index (κ3) is 4.46. The molecule has 2 saturated carbocycles. The Morgan fingerprint density at radius 3 is 2.53 bits per heavy atom. The number of rotatable bonds is 7. The highest BCUT2D eigenvalue weighted by molar-refractivity contribution is 9.10. The largest absolute Gasteiger partial charge is 0.347 e. The van der Waals surface area contributed by atoms with Gasteiger partial charge in [0.15, 0.2) is 5.69 Å². The molecule has 0 bridgehead atoms. The van der Waals surface area contributed by atoms with E-state index in [1.807, 2.05) is 48.5 Å². The van der Waals surface area contributed by atoms with Crippen LogP contribution in [0, 0.1) is 5.92 Å². The Kier molecular flexibility index (Phi) is 5.78. The van der Waals surface area contributed by atoms with E-state index < -0.39 is 0 Å². The van der Waals surface area contributed by atoms with E-state index in [1.54, 1.807) is 4.68 Å². The van der Waals surface area contributed by atoms with Crippen molar-refractivity contribution in [1.29, 1.82) is 0 Å². The lowest BCUT2D eigenvalue weighted by Crippen LogP contribution is -2.28. The molecule has 2 N–H and O–H groups in total. The molecule has 0 saturated heterocycles. The van der Waals surface area contributed by atoms with Gasteiger partial charge < -0.3 is 10.6 Å². The number of amides is 2. The van der Waals surface area contributed by atoms with Gasteiger partial charge >= 0.3 is 0 Å². The molecule has 1 heterocycles. The second kappa shape index (κ2) is 8.86. The van der Waals surface area contributed by atoms with Gasteiger partial charge in [-0.25, -0.2) is 4.68 Å². The first-order chi connectivity index (χ1) is 15.6. The minimum absolute atomic E-state index is 0.0797. The molecule has 32 heavy (non-hydrogen) atoms. The van der Waals surface area contributed by atoms with E-state index in [2.05, 4.69) is 36.9 Å². The van der Waals surface area contributed by atoms with E-state index in [9.17, 15) is 9.59 Å². The first-order valence-electron chi connectivity index (χ1n) is 11.0. The molecule has 1 aromatic heterocycles. The summed E-state index contributed by atoms with van der Waals surface area (Å²) in [7, 11) is 0. The van der Waals surface area contributed by atoms with Crippen molar-refractivity contribution in [1.82, 2.24) is 20.3 Å². The third-order valence-electron chi connectivity index (χ3n) is 6.08. The fourth-order valence-corrected chi connectivity index (χ4v) is 4.15. The average Bonchev–Trinajstić information content (AvgIpc) is 3.49. The molecule has 0 aliphatic heterocycles. The number of benzene rings is 2. The van der Waals surface area contributed by atoms with Crippen LogP contribution in [0.3, 0.4) is 0 Å². The summed E-state index contributed by atoms with van der Waals surface area (Å²) in [5.74, 6) is 0.280. The predicted molar refractivity (Wildman–Crippen MR) is 125 cm³/mol. The number of carbonyl (C=O) groups excluding carboxylic acids is 2. The van der Waals surface area contributed by atoms with Gasteiger partial charge in [-0.15, -0.1) is 5.10 Å². The number of halogens is 1. The third-order valence-corrected chi connectivity index (χ3v) is 6.61. The molecule has 0 unspecified atom stereocenters. The number of hydrogen-bond donors (Lipinski definition) is 2. The molecular weight excluding hydrogens is 470 g/mol. The van der Waals surface area contributed by atoms with Gasteiger partial charge in [0, 0.05) is 28.5 Å². The normalized spacial score (nSPS) is 15.8. The smallest absolute Gasteiger partial charge is 0.274 e. The van der Waals surface area contributed by atoms with Crippen molar-refractivity contribution in [3.05, 3.63) is 70.0 Å². The first kappa shape index (κ1) is 20.9. The van der Waals surface area contributed by atoms with Gasteiger partial charge in [-0.3, -0.25) is 9.59 Å². The molecule has 0 radical (unpaired) electrons. The van der Waals surface area contributed by atoms with Crippen LogP contribution in [0.15, 0.2) is 53.0 Å². The summed E-state index contributed by atoms with van der Waals surface area (Å²) >= 11 is 3.45. The molecule has 3 aromatic rings. The van der Waals surface area contributed by atoms with E-state index in [1.165, 1.54) is 0 Å². The topological polar surface area (TPSA) is 88.9 Å². The number of carbonyl (C=O) groups is 2. The molecule has 2 fully saturated rings. The monoisotopic (exact) mass is 493 g/mol. The van der Waals surface area contributed by atoms with Crippen LogP contribution in [-0.2, 0) is 11.3 Å². The van der Waals surface area contributed by atoms with E-state index in [-0.39, 0.29) is 17.7 Å². The zero-order chi connectivity index (χ0) is 22.1. The van der Waals surface area contributed by atoms with Crippen LogP contribution in [0.25, 0.3) is 5.69 Å². The van der Waals surface area contributed by atoms with E-state index >= 15 is 0 Å². The highest BCUT2D eigenvalue weighted by atomic mass is 79.9. The summed E-state index contributed by atoms with van der Waals surface area (Å²) in [6.07, 6.45) is 5.12. The molecule has 164 valence electrons. The molecule has 2 aliphatic rings. The summed E-state index contributed by atoms with van der Waals surface area (Å²) in [4.78, 5) is 25.2. The fourth-order valence-electron chi connectivity index (χ4n) is 3.89. The highest BCUT2D eigenvalue weighted by Gasteiger charge is 2.34. The highest BCUT2D eigenvalue weighted by Crippen LogP contribution is 2.42. The van der Waals surface area contributed by atoms with Crippen LogP contribution in [-0.4, -0.2) is 26.8 Å². The van der Waals surface area contributed by atoms with E-state index in [0.29, 0.717) is 18.2 Å².